The van der Waals surface area contributed by atoms with E-state index < -0.39 is 0 Å². The second-order valence-corrected chi connectivity index (χ2v) is 4.11. The minimum atomic E-state index is 0.695. The SMILES string of the molecule is CC(C)Cc1cccc2ccncc12. The third kappa shape index (κ3) is 1.77. The van der Waals surface area contributed by atoms with E-state index in [1.165, 1.54) is 16.3 Å². The molecule has 0 saturated heterocycles. The van der Waals surface area contributed by atoms with E-state index in [4.69, 9.17) is 0 Å². The van der Waals surface area contributed by atoms with E-state index in [1.807, 2.05) is 12.4 Å². The summed E-state index contributed by atoms with van der Waals surface area (Å²) in [6, 6.07) is 8.53. The fourth-order valence-corrected chi connectivity index (χ4v) is 1.79. The lowest BCUT2D eigenvalue weighted by Gasteiger charge is -2.07. The number of pyridine rings is 1. The first-order valence-corrected chi connectivity index (χ1v) is 5.09. The second-order valence-electron chi connectivity index (χ2n) is 4.11. The first-order chi connectivity index (χ1) is 6.77. The van der Waals surface area contributed by atoms with Gasteiger partial charge in [0.15, 0.2) is 0 Å². The van der Waals surface area contributed by atoms with Crippen molar-refractivity contribution in [3.63, 3.8) is 0 Å². The molecule has 0 saturated carbocycles. The van der Waals surface area contributed by atoms with E-state index in [0.29, 0.717) is 5.92 Å². The van der Waals surface area contributed by atoms with E-state index in [2.05, 4.69) is 43.1 Å². The first kappa shape index (κ1) is 9.20. The summed E-state index contributed by atoms with van der Waals surface area (Å²) < 4.78 is 0. The minimum Gasteiger partial charge on any atom is -0.264 e. The van der Waals surface area contributed by atoms with Crippen LogP contribution in [-0.2, 0) is 6.42 Å². The van der Waals surface area contributed by atoms with Gasteiger partial charge in [-0.05, 0) is 29.4 Å². The van der Waals surface area contributed by atoms with Gasteiger partial charge in [0, 0.05) is 17.8 Å². The maximum absolute atomic E-state index is 4.18. The second kappa shape index (κ2) is 3.79. The molecule has 14 heavy (non-hydrogen) atoms. The van der Waals surface area contributed by atoms with Gasteiger partial charge in [-0.1, -0.05) is 32.0 Å². The Labute approximate surface area is 84.8 Å². The van der Waals surface area contributed by atoms with E-state index in [0.717, 1.165) is 6.42 Å². The molecule has 72 valence electrons. The van der Waals surface area contributed by atoms with E-state index >= 15 is 0 Å². The monoisotopic (exact) mass is 185 g/mol. The predicted molar refractivity (Wildman–Crippen MR) is 60.3 cm³/mol. The fourth-order valence-electron chi connectivity index (χ4n) is 1.79. The molecule has 1 aromatic heterocycles. The van der Waals surface area contributed by atoms with Gasteiger partial charge in [-0.15, -0.1) is 0 Å². The highest BCUT2D eigenvalue weighted by Crippen LogP contribution is 2.19. The lowest BCUT2D eigenvalue weighted by atomic mass is 9.98. The molecule has 0 bridgehead atoms. The molecule has 1 nitrogen and oxygen atoms in total. The van der Waals surface area contributed by atoms with Gasteiger partial charge in [0.25, 0.3) is 0 Å². The molecule has 0 radical (unpaired) electrons. The number of nitrogens with zero attached hydrogens (tertiary/aromatic N) is 1. The zero-order chi connectivity index (χ0) is 9.97. The van der Waals surface area contributed by atoms with Gasteiger partial charge in [-0.25, -0.2) is 0 Å². The standard InChI is InChI=1S/C13H15N/c1-10(2)8-12-5-3-4-11-6-7-14-9-13(11)12/h3-7,9-10H,8H2,1-2H3. The lowest BCUT2D eigenvalue weighted by molar-refractivity contribution is 0.650. The van der Waals surface area contributed by atoms with Crippen LogP contribution in [0.4, 0.5) is 0 Å². The number of aromatic nitrogens is 1. The van der Waals surface area contributed by atoms with Crippen LogP contribution in [0.25, 0.3) is 10.8 Å². The van der Waals surface area contributed by atoms with Crippen LogP contribution in [0, 0.1) is 5.92 Å². The Bertz CT molecular complexity index is 427. The normalized spacial score (nSPS) is 11.1. The Hall–Kier alpha value is -1.37. The summed E-state index contributed by atoms with van der Waals surface area (Å²) in [4.78, 5) is 4.18. The number of fused-ring (bicyclic) bond motifs is 1. The molecule has 0 aliphatic carbocycles. The Morgan fingerprint density at radius 2 is 2.07 bits per heavy atom. The van der Waals surface area contributed by atoms with Crippen molar-refractivity contribution in [1.82, 2.24) is 4.98 Å². The average Bonchev–Trinajstić information content (AvgIpc) is 2.18. The molecule has 1 heteroatoms. The van der Waals surface area contributed by atoms with Crippen molar-refractivity contribution >= 4 is 10.8 Å². The van der Waals surface area contributed by atoms with Gasteiger partial charge >= 0.3 is 0 Å². The van der Waals surface area contributed by atoms with Crippen molar-refractivity contribution in [2.75, 3.05) is 0 Å². The smallest absolute Gasteiger partial charge is 0.0349 e. The van der Waals surface area contributed by atoms with Gasteiger partial charge in [0.2, 0.25) is 0 Å². The zero-order valence-corrected chi connectivity index (χ0v) is 8.70. The van der Waals surface area contributed by atoms with Crippen LogP contribution in [0.2, 0.25) is 0 Å². The summed E-state index contributed by atoms with van der Waals surface area (Å²) in [7, 11) is 0. The van der Waals surface area contributed by atoms with Crippen LogP contribution < -0.4 is 0 Å². The summed E-state index contributed by atoms with van der Waals surface area (Å²) in [6.45, 7) is 4.49. The van der Waals surface area contributed by atoms with Gasteiger partial charge in [-0.3, -0.25) is 4.98 Å². The quantitative estimate of drug-likeness (QED) is 0.698. The minimum absolute atomic E-state index is 0.695. The van der Waals surface area contributed by atoms with E-state index in [-0.39, 0.29) is 0 Å². The Morgan fingerprint density at radius 1 is 1.21 bits per heavy atom. The molecule has 1 heterocycles. The summed E-state index contributed by atoms with van der Waals surface area (Å²) in [6.07, 6.45) is 4.94. The summed E-state index contributed by atoms with van der Waals surface area (Å²) in [5.74, 6) is 0.695. The Kier molecular flexibility index (Phi) is 2.49. The third-order valence-corrected chi connectivity index (χ3v) is 2.40. The van der Waals surface area contributed by atoms with Crippen molar-refractivity contribution in [3.8, 4) is 0 Å². The van der Waals surface area contributed by atoms with Gasteiger partial charge < -0.3 is 0 Å². The van der Waals surface area contributed by atoms with Crippen LogP contribution in [0.1, 0.15) is 19.4 Å². The highest BCUT2D eigenvalue weighted by Gasteiger charge is 2.02. The predicted octanol–water partition coefficient (Wildman–Crippen LogP) is 3.43. The Balaban J connectivity index is 2.53. The third-order valence-electron chi connectivity index (χ3n) is 2.40. The maximum Gasteiger partial charge on any atom is 0.0349 e. The molecule has 0 amide bonds. The van der Waals surface area contributed by atoms with Gasteiger partial charge in [-0.2, -0.15) is 0 Å². The summed E-state index contributed by atoms with van der Waals surface area (Å²) >= 11 is 0. The van der Waals surface area contributed by atoms with Crippen molar-refractivity contribution in [1.29, 1.82) is 0 Å². The van der Waals surface area contributed by atoms with Crippen LogP contribution >= 0.6 is 0 Å². The number of hydrogen-bond donors (Lipinski definition) is 0. The van der Waals surface area contributed by atoms with Crippen LogP contribution in [-0.4, -0.2) is 4.98 Å². The highest BCUT2D eigenvalue weighted by atomic mass is 14.6. The van der Waals surface area contributed by atoms with E-state index in [1.54, 1.807) is 0 Å². The molecule has 1 aromatic carbocycles. The fraction of sp³-hybridized carbons (Fsp3) is 0.308. The topological polar surface area (TPSA) is 12.9 Å². The van der Waals surface area contributed by atoms with E-state index in [9.17, 15) is 0 Å². The molecule has 2 aromatic rings. The molecular weight excluding hydrogens is 170 g/mol. The van der Waals surface area contributed by atoms with Crippen LogP contribution in [0.15, 0.2) is 36.7 Å². The molecule has 0 N–H and O–H groups in total. The molecule has 0 aliphatic heterocycles. The largest absolute Gasteiger partial charge is 0.264 e. The number of hydrogen-bond acceptors (Lipinski definition) is 1. The first-order valence-electron chi connectivity index (χ1n) is 5.09. The van der Waals surface area contributed by atoms with Crippen molar-refractivity contribution < 1.29 is 0 Å². The molecule has 0 aliphatic rings. The van der Waals surface area contributed by atoms with Gasteiger partial charge in [0.1, 0.15) is 0 Å². The number of benzene rings is 1. The molecule has 0 atom stereocenters. The maximum atomic E-state index is 4.18. The molecule has 0 spiro atoms. The molecule has 0 fully saturated rings. The highest BCUT2D eigenvalue weighted by molar-refractivity contribution is 5.84. The van der Waals surface area contributed by atoms with Gasteiger partial charge in [0.05, 0.1) is 0 Å². The van der Waals surface area contributed by atoms with Crippen LogP contribution in [0.3, 0.4) is 0 Å². The lowest BCUT2D eigenvalue weighted by Crippen LogP contribution is -1.94. The molecule has 0 unspecified atom stereocenters. The average molecular weight is 185 g/mol. The van der Waals surface area contributed by atoms with Crippen molar-refractivity contribution in [2.45, 2.75) is 20.3 Å². The van der Waals surface area contributed by atoms with Crippen molar-refractivity contribution in [3.05, 3.63) is 42.2 Å². The Morgan fingerprint density at radius 3 is 2.86 bits per heavy atom. The number of rotatable bonds is 2. The zero-order valence-electron chi connectivity index (χ0n) is 8.70. The van der Waals surface area contributed by atoms with Crippen molar-refractivity contribution in [2.24, 2.45) is 5.92 Å². The molecule has 2 rings (SSSR count). The summed E-state index contributed by atoms with van der Waals surface area (Å²) in [5.41, 5.74) is 1.41. The summed E-state index contributed by atoms with van der Waals surface area (Å²) in [5, 5.41) is 2.59. The van der Waals surface area contributed by atoms with Crippen LogP contribution in [0.5, 0.6) is 0 Å². The molecular formula is C13H15N.